The van der Waals surface area contributed by atoms with Gasteiger partial charge in [-0.25, -0.2) is 9.78 Å². The van der Waals surface area contributed by atoms with Crippen molar-refractivity contribution in [2.45, 2.75) is 31.7 Å². The van der Waals surface area contributed by atoms with Crippen LogP contribution in [0.25, 0.3) is 0 Å². The number of aromatic nitrogens is 2. The molecule has 2 rings (SSSR count). The summed E-state index contributed by atoms with van der Waals surface area (Å²) in [6.07, 6.45) is 4.83. The van der Waals surface area contributed by atoms with E-state index in [9.17, 15) is 14.7 Å². The minimum Gasteiger partial charge on any atom is -0.480 e. The lowest BCUT2D eigenvalue weighted by atomic mass is 10.1. The second-order valence-electron chi connectivity index (χ2n) is 6.62. The van der Waals surface area contributed by atoms with Crippen molar-refractivity contribution in [2.75, 3.05) is 29.7 Å². The Morgan fingerprint density at radius 2 is 1.86 bits per heavy atom. The molecule has 158 valence electrons. The van der Waals surface area contributed by atoms with Gasteiger partial charge in [-0.05, 0) is 30.5 Å². The predicted molar refractivity (Wildman–Crippen MR) is 115 cm³/mol. The molecule has 3 N–H and O–H groups in total. The van der Waals surface area contributed by atoms with Crippen LogP contribution in [0.15, 0.2) is 36.8 Å². The number of carbonyl (C=O) groups is 2. The van der Waals surface area contributed by atoms with E-state index in [0.29, 0.717) is 23.9 Å². The van der Waals surface area contributed by atoms with E-state index in [-0.39, 0.29) is 18.7 Å². The maximum Gasteiger partial charge on any atom is 0.326 e. The average molecular weight is 441 g/mol. The zero-order chi connectivity index (χ0) is 21.1. The largest absolute Gasteiger partial charge is 0.480 e. The summed E-state index contributed by atoms with van der Waals surface area (Å²) < 4.78 is 0. The van der Waals surface area contributed by atoms with E-state index < -0.39 is 12.0 Å². The maximum atomic E-state index is 12.1. The first-order valence-electron chi connectivity index (χ1n) is 9.48. The summed E-state index contributed by atoms with van der Waals surface area (Å²) in [7, 11) is 0. The van der Waals surface area contributed by atoms with Crippen LogP contribution in [-0.4, -0.2) is 57.8 Å². The number of anilines is 1. The van der Waals surface area contributed by atoms with Crippen LogP contribution in [0.4, 0.5) is 5.69 Å². The summed E-state index contributed by atoms with van der Waals surface area (Å²) in [6, 6.07) is 7.14. The number of aromatic amines is 1. The van der Waals surface area contributed by atoms with Crippen LogP contribution in [-0.2, 0) is 22.4 Å². The second-order valence-corrected chi connectivity index (χ2v) is 7.38. The average Bonchev–Trinajstić information content (AvgIpc) is 3.21. The van der Waals surface area contributed by atoms with Crippen molar-refractivity contribution in [1.82, 2.24) is 15.3 Å². The van der Waals surface area contributed by atoms with Gasteiger partial charge < -0.3 is 20.3 Å². The number of halogens is 2. The van der Waals surface area contributed by atoms with E-state index in [1.54, 1.807) is 6.20 Å². The van der Waals surface area contributed by atoms with E-state index in [0.717, 1.165) is 30.8 Å². The molecule has 29 heavy (non-hydrogen) atoms. The summed E-state index contributed by atoms with van der Waals surface area (Å²) in [6.45, 7) is 1.47. The number of imidazole rings is 1. The van der Waals surface area contributed by atoms with Gasteiger partial charge in [-0.1, -0.05) is 12.1 Å². The number of nitrogens with one attached hydrogen (secondary N) is 2. The van der Waals surface area contributed by atoms with Crippen molar-refractivity contribution in [1.29, 1.82) is 0 Å². The molecule has 1 heterocycles. The number of H-pyrrole nitrogens is 1. The van der Waals surface area contributed by atoms with Crippen LogP contribution in [0.5, 0.6) is 0 Å². The number of aryl methyl sites for hydroxylation is 1. The van der Waals surface area contributed by atoms with E-state index in [4.69, 9.17) is 23.2 Å². The van der Waals surface area contributed by atoms with Crippen LogP contribution >= 0.6 is 23.2 Å². The standard InChI is InChI=1S/C20H26Cl2N4O3/c21-8-10-26(11-9-22)17-6-4-15(5-7-17)2-1-3-19(27)25-18(20(28)29)12-16-13-23-14-24-16/h4-7,13-14,18H,1-3,8-12H2,(H,23,24)(H,25,27)(H,28,29)/t18-/m1/s1. The molecular formula is C20H26Cl2N4O3. The molecule has 1 aromatic carbocycles. The Labute approximate surface area is 180 Å². The predicted octanol–water partition coefficient (Wildman–Crippen LogP) is 2.83. The first kappa shape index (κ1) is 23.0. The first-order chi connectivity index (χ1) is 14.0. The molecule has 1 aromatic heterocycles. The smallest absolute Gasteiger partial charge is 0.326 e. The molecule has 0 unspecified atom stereocenters. The van der Waals surface area contributed by atoms with Crippen molar-refractivity contribution in [3.05, 3.63) is 48.0 Å². The molecule has 9 heteroatoms. The minimum absolute atomic E-state index is 0.170. The number of alkyl halides is 2. The minimum atomic E-state index is -1.07. The molecule has 2 aromatic rings. The van der Waals surface area contributed by atoms with Crippen molar-refractivity contribution >= 4 is 40.8 Å². The molecule has 1 amide bonds. The van der Waals surface area contributed by atoms with Crippen molar-refractivity contribution in [3.8, 4) is 0 Å². The third kappa shape index (κ3) is 7.95. The van der Waals surface area contributed by atoms with E-state index in [1.807, 2.05) is 24.3 Å². The fourth-order valence-corrected chi connectivity index (χ4v) is 3.39. The number of aliphatic carboxylic acids is 1. The summed E-state index contributed by atoms with van der Waals surface area (Å²) in [4.78, 5) is 32.3. The number of rotatable bonds is 13. The van der Waals surface area contributed by atoms with Gasteiger partial charge in [0.2, 0.25) is 5.91 Å². The monoisotopic (exact) mass is 440 g/mol. The van der Waals surface area contributed by atoms with Crippen molar-refractivity contribution in [3.63, 3.8) is 0 Å². The molecule has 0 aliphatic heterocycles. The van der Waals surface area contributed by atoms with Gasteiger partial charge in [0.15, 0.2) is 0 Å². The molecular weight excluding hydrogens is 415 g/mol. The zero-order valence-electron chi connectivity index (χ0n) is 16.1. The molecule has 0 saturated carbocycles. The maximum absolute atomic E-state index is 12.1. The Kier molecular flexibility index (Phi) is 9.80. The number of carboxylic acids is 1. The third-order valence-corrected chi connectivity index (χ3v) is 4.83. The van der Waals surface area contributed by atoms with Gasteiger partial charge in [0, 0.05) is 55.3 Å². The molecule has 7 nitrogen and oxygen atoms in total. The highest BCUT2D eigenvalue weighted by Gasteiger charge is 2.20. The Morgan fingerprint density at radius 3 is 2.41 bits per heavy atom. The SMILES string of the molecule is O=C(CCCc1ccc(N(CCCl)CCCl)cc1)N[C@H](Cc1cnc[nH]1)C(=O)O. The number of carboxylic acid groups (broad SMARTS) is 1. The van der Waals surface area contributed by atoms with Gasteiger partial charge >= 0.3 is 5.97 Å². The summed E-state index contributed by atoms with van der Waals surface area (Å²) >= 11 is 11.7. The normalized spacial score (nSPS) is 11.8. The van der Waals surface area contributed by atoms with E-state index in [1.165, 1.54) is 6.33 Å². The molecule has 0 saturated heterocycles. The molecule has 0 spiro atoms. The summed E-state index contributed by atoms with van der Waals surface area (Å²) in [5.41, 5.74) is 2.84. The van der Waals surface area contributed by atoms with Gasteiger partial charge in [-0.3, -0.25) is 4.79 Å². The van der Waals surface area contributed by atoms with E-state index >= 15 is 0 Å². The van der Waals surface area contributed by atoms with Crippen molar-refractivity contribution < 1.29 is 14.7 Å². The van der Waals surface area contributed by atoms with Crippen LogP contribution in [0.1, 0.15) is 24.1 Å². The van der Waals surface area contributed by atoms with Gasteiger partial charge in [-0.15, -0.1) is 23.2 Å². The second kappa shape index (κ2) is 12.3. The molecule has 0 aliphatic rings. The molecule has 0 radical (unpaired) electrons. The lowest BCUT2D eigenvalue weighted by Crippen LogP contribution is -2.42. The number of hydrogen-bond acceptors (Lipinski definition) is 4. The molecule has 0 bridgehead atoms. The Morgan fingerprint density at radius 1 is 1.17 bits per heavy atom. The topological polar surface area (TPSA) is 98.3 Å². The number of benzene rings is 1. The van der Waals surface area contributed by atoms with Gasteiger partial charge in [-0.2, -0.15) is 0 Å². The van der Waals surface area contributed by atoms with Gasteiger partial charge in [0.25, 0.3) is 0 Å². The molecule has 1 atom stereocenters. The van der Waals surface area contributed by atoms with Crippen LogP contribution in [0.3, 0.4) is 0 Å². The third-order valence-electron chi connectivity index (χ3n) is 4.49. The number of nitrogens with zero attached hydrogens (tertiary/aromatic N) is 2. The highest BCUT2D eigenvalue weighted by atomic mass is 35.5. The van der Waals surface area contributed by atoms with Crippen molar-refractivity contribution in [2.24, 2.45) is 0 Å². The van der Waals surface area contributed by atoms with Gasteiger partial charge in [0.1, 0.15) is 6.04 Å². The molecule has 0 fully saturated rings. The Bertz CT molecular complexity index is 748. The Hall–Kier alpha value is -2.25. The highest BCUT2D eigenvalue weighted by Crippen LogP contribution is 2.17. The fraction of sp³-hybridized carbons (Fsp3) is 0.450. The summed E-state index contributed by atoms with van der Waals surface area (Å²) in [5, 5.41) is 11.9. The zero-order valence-corrected chi connectivity index (χ0v) is 17.6. The number of carbonyl (C=O) groups excluding carboxylic acids is 1. The lowest BCUT2D eigenvalue weighted by molar-refractivity contribution is -0.141. The van der Waals surface area contributed by atoms with Crippen LogP contribution in [0, 0.1) is 0 Å². The highest BCUT2D eigenvalue weighted by molar-refractivity contribution is 6.18. The Balaban J connectivity index is 1.79. The molecule has 0 aliphatic carbocycles. The van der Waals surface area contributed by atoms with Crippen LogP contribution in [0.2, 0.25) is 0 Å². The number of hydrogen-bond donors (Lipinski definition) is 3. The van der Waals surface area contributed by atoms with Gasteiger partial charge in [0.05, 0.1) is 6.33 Å². The number of amides is 1. The fourth-order valence-electron chi connectivity index (χ4n) is 2.98. The summed E-state index contributed by atoms with van der Waals surface area (Å²) in [5.74, 6) is -0.275. The lowest BCUT2D eigenvalue weighted by Gasteiger charge is -2.23. The van der Waals surface area contributed by atoms with E-state index in [2.05, 4.69) is 20.2 Å². The quantitative estimate of drug-likeness (QED) is 0.416. The van der Waals surface area contributed by atoms with Crippen LogP contribution < -0.4 is 10.2 Å². The first-order valence-corrected chi connectivity index (χ1v) is 10.6.